The van der Waals surface area contributed by atoms with Crippen molar-refractivity contribution < 1.29 is 0 Å². The monoisotopic (exact) mass is 410 g/mol. The van der Waals surface area contributed by atoms with Crippen molar-refractivity contribution >= 4 is 0 Å². The molecule has 4 rings (SSSR count). The molecule has 0 saturated heterocycles. The van der Waals surface area contributed by atoms with Gasteiger partial charge in [-0.3, -0.25) is 0 Å². The summed E-state index contributed by atoms with van der Waals surface area (Å²) in [4.78, 5) is 0. The van der Waals surface area contributed by atoms with Gasteiger partial charge in [-0.15, -0.1) is 0 Å². The van der Waals surface area contributed by atoms with Crippen LogP contribution in [0, 0.1) is 24.2 Å². The van der Waals surface area contributed by atoms with E-state index in [1.165, 1.54) is 34.2 Å². The van der Waals surface area contributed by atoms with Crippen LogP contribution in [0.4, 0.5) is 0 Å². The maximum atomic E-state index is 2.48. The molecule has 0 saturated carbocycles. The third kappa shape index (κ3) is 3.98. The van der Waals surface area contributed by atoms with Crippen LogP contribution in [0.1, 0.15) is 76.5 Å². The van der Waals surface area contributed by atoms with E-state index in [0.29, 0.717) is 23.7 Å². The Labute approximate surface area is 189 Å². The molecule has 3 unspecified atom stereocenters. The summed E-state index contributed by atoms with van der Waals surface area (Å²) in [6.45, 7) is 16.8. The molecule has 1 aliphatic carbocycles. The van der Waals surface area contributed by atoms with E-state index in [9.17, 15) is 0 Å². The van der Waals surface area contributed by atoms with Crippen molar-refractivity contribution in [3.8, 4) is 22.3 Å². The average Bonchev–Trinajstić information content (AvgIpc) is 2.76. The summed E-state index contributed by atoms with van der Waals surface area (Å²) >= 11 is 0. The molecule has 3 aromatic rings. The average molecular weight is 411 g/mol. The number of fused-ring (bicyclic) bond motifs is 1. The highest BCUT2D eigenvalue weighted by molar-refractivity contribution is 5.79. The number of hydrogen-bond donors (Lipinski definition) is 0. The predicted octanol–water partition coefficient (Wildman–Crippen LogP) is 9.24. The van der Waals surface area contributed by atoms with E-state index in [0.717, 1.165) is 0 Å². The molecule has 0 bridgehead atoms. The normalized spacial score (nSPS) is 21.0. The standard InChI is InChI=1S/C31H38/c1-20(2)22(4)28-19-31(6,7)23(5)29-26(24-11-9-8-10-12-24)17-18-27(30(28)29)25-15-13-21(3)14-16-25/h8-18,20,22-23,28H,19H2,1-7H3. The van der Waals surface area contributed by atoms with Crippen LogP contribution in [0.2, 0.25) is 0 Å². The summed E-state index contributed by atoms with van der Waals surface area (Å²) in [7, 11) is 0. The van der Waals surface area contributed by atoms with Crippen LogP contribution < -0.4 is 0 Å². The molecule has 162 valence electrons. The van der Waals surface area contributed by atoms with Crippen molar-refractivity contribution in [1.82, 2.24) is 0 Å². The van der Waals surface area contributed by atoms with E-state index in [1.54, 1.807) is 11.1 Å². The smallest absolute Gasteiger partial charge is 0.0119 e. The predicted molar refractivity (Wildman–Crippen MR) is 136 cm³/mol. The molecule has 0 N–H and O–H groups in total. The van der Waals surface area contributed by atoms with Gasteiger partial charge in [0.15, 0.2) is 0 Å². The topological polar surface area (TPSA) is 0 Å². The third-order valence-corrected chi connectivity index (χ3v) is 8.14. The minimum Gasteiger partial charge on any atom is -0.0625 e. The van der Waals surface area contributed by atoms with Crippen LogP contribution >= 0.6 is 0 Å². The molecular weight excluding hydrogens is 372 g/mol. The summed E-state index contributed by atoms with van der Waals surface area (Å²) < 4.78 is 0. The van der Waals surface area contributed by atoms with Gasteiger partial charge in [-0.25, -0.2) is 0 Å². The van der Waals surface area contributed by atoms with Gasteiger partial charge >= 0.3 is 0 Å². The molecule has 31 heavy (non-hydrogen) atoms. The van der Waals surface area contributed by atoms with Crippen LogP contribution in [-0.2, 0) is 0 Å². The highest BCUT2D eigenvalue weighted by Crippen LogP contribution is 2.57. The Morgan fingerprint density at radius 2 is 1.29 bits per heavy atom. The molecule has 0 spiro atoms. The Morgan fingerprint density at radius 3 is 1.87 bits per heavy atom. The van der Waals surface area contributed by atoms with Crippen LogP contribution in [-0.4, -0.2) is 0 Å². The Balaban J connectivity index is 2.05. The lowest BCUT2D eigenvalue weighted by atomic mass is 9.57. The summed E-state index contributed by atoms with van der Waals surface area (Å²) in [5.74, 6) is 2.38. The first-order valence-electron chi connectivity index (χ1n) is 12.0. The maximum absolute atomic E-state index is 2.48. The van der Waals surface area contributed by atoms with Gasteiger partial charge < -0.3 is 0 Å². The fourth-order valence-electron chi connectivity index (χ4n) is 5.51. The second-order valence-electron chi connectivity index (χ2n) is 10.8. The van der Waals surface area contributed by atoms with E-state index >= 15 is 0 Å². The van der Waals surface area contributed by atoms with Gasteiger partial charge in [0, 0.05) is 0 Å². The minimum absolute atomic E-state index is 0.274. The fourth-order valence-corrected chi connectivity index (χ4v) is 5.51. The lowest BCUT2D eigenvalue weighted by Crippen LogP contribution is -2.34. The highest BCUT2D eigenvalue weighted by Gasteiger charge is 2.42. The second kappa shape index (κ2) is 8.30. The zero-order valence-electron chi connectivity index (χ0n) is 20.4. The number of hydrogen-bond acceptors (Lipinski definition) is 0. The van der Waals surface area contributed by atoms with Gasteiger partial charge in [0.1, 0.15) is 0 Å². The van der Waals surface area contributed by atoms with E-state index in [4.69, 9.17) is 0 Å². The largest absolute Gasteiger partial charge is 0.0625 e. The van der Waals surface area contributed by atoms with Gasteiger partial charge in [-0.05, 0) is 75.8 Å². The first kappa shape index (κ1) is 21.9. The first-order valence-corrected chi connectivity index (χ1v) is 12.0. The molecule has 3 aromatic carbocycles. The van der Waals surface area contributed by atoms with E-state index < -0.39 is 0 Å². The van der Waals surface area contributed by atoms with Crippen molar-refractivity contribution in [1.29, 1.82) is 0 Å². The Morgan fingerprint density at radius 1 is 0.742 bits per heavy atom. The Hall–Kier alpha value is -2.34. The highest BCUT2D eigenvalue weighted by atomic mass is 14.5. The SMILES string of the molecule is Cc1ccc(-c2ccc(-c3ccccc3)c3c2C(C(C)C(C)C)CC(C)(C)C3C)cc1. The molecule has 0 nitrogen and oxygen atoms in total. The van der Waals surface area contributed by atoms with Gasteiger partial charge in [-0.1, -0.05) is 114 Å². The molecule has 0 heteroatoms. The Kier molecular flexibility index (Phi) is 5.86. The summed E-state index contributed by atoms with van der Waals surface area (Å²) in [6.07, 6.45) is 1.25. The molecule has 0 amide bonds. The second-order valence-corrected chi connectivity index (χ2v) is 10.8. The summed E-state index contributed by atoms with van der Waals surface area (Å²) in [5, 5.41) is 0. The molecule has 0 aliphatic heterocycles. The quantitative estimate of drug-likeness (QED) is 0.402. The van der Waals surface area contributed by atoms with Gasteiger partial charge in [-0.2, -0.15) is 0 Å². The van der Waals surface area contributed by atoms with E-state index in [-0.39, 0.29) is 5.41 Å². The van der Waals surface area contributed by atoms with Crippen LogP contribution in [0.5, 0.6) is 0 Å². The summed E-state index contributed by atoms with van der Waals surface area (Å²) in [6, 6.07) is 24.9. The zero-order valence-corrected chi connectivity index (χ0v) is 20.4. The lowest BCUT2D eigenvalue weighted by molar-refractivity contribution is 0.186. The third-order valence-electron chi connectivity index (χ3n) is 8.14. The zero-order chi connectivity index (χ0) is 22.3. The van der Waals surface area contributed by atoms with Crippen molar-refractivity contribution in [3.05, 3.63) is 83.4 Å². The molecule has 0 radical (unpaired) electrons. The van der Waals surface area contributed by atoms with Gasteiger partial charge in [0.2, 0.25) is 0 Å². The lowest BCUT2D eigenvalue weighted by Gasteiger charge is -2.47. The number of benzene rings is 3. The molecule has 3 atom stereocenters. The molecule has 0 heterocycles. The summed E-state index contributed by atoms with van der Waals surface area (Å²) in [5.41, 5.74) is 10.3. The van der Waals surface area contributed by atoms with Crippen LogP contribution in [0.15, 0.2) is 66.7 Å². The van der Waals surface area contributed by atoms with E-state index in [1.807, 2.05) is 0 Å². The van der Waals surface area contributed by atoms with E-state index in [2.05, 4.69) is 115 Å². The maximum Gasteiger partial charge on any atom is -0.0119 e. The van der Waals surface area contributed by atoms with Crippen molar-refractivity contribution in [2.45, 2.75) is 66.7 Å². The molecule has 0 fully saturated rings. The molecular formula is C31H38. The van der Waals surface area contributed by atoms with Gasteiger partial charge in [0.25, 0.3) is 0 Å². The number of rotatable bonds is 4. The van der Waals surface area contributed by atoms with Crippen LogP contribution in [0.25, 0.3) is 22.3 Å². The van der Waals surface area contributed by atoms with Gasteiger partial charge in [0.05, 0.1) is 0 Å². The van der Waals surface area contributed by atoms with Crippen molar-refractivity contribution in [3.63, 3.8) is 0 Å². The molecule has 1 aliphatic rings. The minimum atomic E-state index is 0.274. The number of aryl methyl sites for hydroxylation is 1. The van der Waals surface area contributed by atoms with Crippen LogP contribution in [0.3, 0.4) is 0 Å². The molecule has 0 aromatic heterocycles. The van der Waals surface area contributed by atoms with Crippen molar-refractivity contribution in [2.24, 2.45) is 17.3 Å². The van der Waals surface area contributed by atoms with Crippen molar-refractivity contribution in [2.75, 3.05) is 0 Å². The Bertz CT molecular complexity index is 1040. The first-order chi connectivity index (χ1) is 14.7. The fraction of sp³-hybridized carbons (Fsp3) is 0.419.